The molecule has 150 valence electrons. The third-order valence-electron chi connectivity index (χ3n) is 4.55. The summed E-state index contributed by atoms with van der Waals surface area (Å²) in [6.45, 7) is 2.01. The summed E-state index contributed by atoms with van der Waals surface area (Å²) in [5.74, 6) is -1.09. The fourth-order valence-corrected chi connectivity index (χ4v) is 3.79. The Morgan fingerprint density at radius 3 is 2.40 bits per heavy atom. The third-order valence-corrected chi connectivity index (χ3v) is 5.48. The van der Waals surface area contributed by atoms with Crippen molar-refractivity contribution >= 4 is 41.4 Å². The molecule has 1 aliphatic rings. The molecule has 0 bridgehead atoms. The van der Waals surface area contributed by atoms with E-state index in [0.29, 0.717) is 16.5 Å². The lowest BCUT2D eigenvalue weighted by molar-refractivity contribution is -0.122. The van der Waals surface area contributed by atoms with Crippen LogP contribution in [0, 0.1) is 0 Å². The predicted molar refractivity (Wildman–Crippen MR) is 114 cm³/mol. The largest absolute Gasteiger partial charge is 0.450 e. The van der Waals surface area contributed by atoms with Crippen LogP contribution in [0.15, 0.2) is 86.7 Å². The van der Waals surface area contributed by atoms with Crippen molar-refractivity contribution in [3.8, 4) is 0 Å². The van der Waals surface area contributed by atoms with Gasteiger partial charge >= 0.3 is 6.03 Å². The molecule has 7 heteroatoms. The molecule has 0 unspecified atom stereocenters. The highest BCUT2D eigenvalue weighted by Gasteiger charge is 2.37. The summed E-state index contributed by atoms with van der Waals surface area (Å²) in [4.78, 5) is 39.5. The van der Waals surface area contributed by atoms with E-state index in [1.807, 2.05) is 49.4 Å². The number of aryl methyl sites for hydroxylation is 1. The number of barbiturate groups is 1. The molecule has 0 aliphatic carbocycles. The minimum absolute atomic E-state index is 0.167. The maximum Gasteiger partial charge on any atom is 0.335 e. The molecule has 3 aromatic rings. The number of carbonyl (C=O) groups excluding carboxylic acids is 3. The average molecular weight is 418 g/mol. The lowest BCUT2D eigenvalue weighted by atomic mass is 10.1. The Hall–Kier alpha value is -3.58. The smallest absolute Gasteiger partial charge is 0.335 e. The fourth-order valence-electron chi connectivity index (χ4n) is 2.99. The Balaban J connectivity index is 1.59. The standard InChI is InChI=1S/C23H18N2O4S/c1-2-15-8-10-16(11-9-15)25-22(27)19(21(26)24-23(25)28)14-17-12-13-20(29-17)30-18-6-4-3-5-7-18/h3-14H,2H2,1H3,(H,24,26,28)/b19-14-. The molecule has 4 amide bonds. The Morgan fingerprint density at radius 1 is 0.967 bits per heavy atom. The first-order valence-corrected chi connectivity index (χ1v) is 10.2. The van der Waals surface area contributed by atoms with Gasteiger partial charge in [-0.1, -0.05) is 49.0 Å². The van der Waals surface area contributed by atoms with Crippen LogP contribution in [0.5, 0.6) is 0 Å². The molecule has 1 aromatic heterocycles. The van der Waals surface area contributed by atoms with Crippen molar-refractivity contribution in [1.29, 1.82) is 0 Å². The van der Waals surface area contributed by atoms with E-state index in [9.17, 15) is 14.4 Å². The van der Waals surface area contributed by atoms with Crippen LogP contribution >= 0.6 is 11.8 Å². The zero-order valence-corrected chi connectivity index (χ0v) is 16.9. The van der Waals surface area contributed by atoms with Crippen LogP contribution in [-0.2, 0) is 16.0 Å². The second kappa shape index (κ2) is 8.42. The summed E-state index contributed by atoms with van der Waals surface area (Å²) in [6.07, 6.45) is 2.19. The maximum absolute atomic E-state index is 12.9. The van der Waals surface area contributed by atoms with Gasteiger partial charge < -0.3 is 4.42 Å². The lowest BCUT2D eigenvalue weighted by Crippen LogP contribution is -2.54. The summed E-state index contributed by atoms with van der Waals surface area (Å²) >= 11 is 1.43. The fraction of sp³-hybridized carbons (Fsp3) is 0.0870. The quantitative estimate of drug-likeness (QED) is 0.482. The van der Waals surface area contributed by atoms with Crippen LogP contribution in [0.4, 0.5) is 10.5 Å². The summed E-state index contributed by atoms with van der Waals surface area (Å²) < 4.78 is 5.74. The molecule has 4 rings (SSSR count). The number of nitrogens with one attached hydrogen (secondary N) is 1. The van der Waals surface area contributed by atoms with Crippen LogP contribution < -0.4 is 10.2 Å². The van der Waals surface area contributed by atoms with E-state index in [2.05, 4.69) is 5.32 Å². The van der Waals surface area contributed by atoms with Crippen LogP contribution in [0.25, 0.3) is 6.08 Å². The SMILES string of the molecule is CCc1ccc(N2C(=O)NC(=O)/C(=C/c3ccc(Sc4ccccc4)o3)C2=O)cc1. The Morgan fingerprint density at radius 2 is 1.70 bits per heavy atom. The number of urea groups is 1. The van der Waals surface area contributed by atoms with Gasteiger partial charge in [-0.2, -0.15) is 0 Å². The Bertz CT molecular complexity index is 1130. The molecule has 2 heterocycles. The normalized spacial score (nSPS) is 15.6. The molecular formula is C23H18N2O4S. The minimum Gasteiger partial charge on any atom is -0.450 e. The van der Waals surface area contributed by atoms with E-state index in [4.69, 9.17) is 4.42 Å². The number of rotatable bonds is 5. The Labute approximate surface area is 177 Å². The van der Waals surface area contributed by atoms with Gasteiger partial charge in [-0.05, 0) is 54.5 Å². The van der Waals surface area contributed by atoms with Gasteiger partial charge in [-0.3, -0.25) is 14.9 Å². The topological polar surface area (TPSA) is 79.6 Å². The van der Waals surface area contributed by atoms with Crippen molar-refractivity contribution in [3.63, 3.8) is 0 Å². The van der Waals surface area contributed by atoms with Crippen LogP contribution in [0.1, 0.15) is 18.2 Å². The number of imide groups is 2. The second-order valence-corrected chi connectivity index (χ2v) is 7.63. The van der Waals surface area contributed by atoms with E-state index >= 15 is 0 Å². The number of furan rings is 1. The summed E-state index contributed by atoms with van der Waals surface area (Å²) in [7, 11) is 0. The van der Waals surface area contributed by atoms with Gasteiger partial charge in [0.05, 0.1) is 5.69 Å². The molecule has 0 radical (unpaired) electrons. The monoisotopic (exact) mass is 418 g/mol. The van der Waals surface area contributed by atoms with Gasteiger partial charge in [0.2, 0.25) is 0 Å². The first-order chi connectivity index (χ1) is 14.5. The van der Waals surface area contributed by atoms with Gasteiger partial charge in [-0.15, -0.1) is 0 Å². The highest BCUT2D eigenvalue weighted by molar-refractivity contribution is 7.99. The first-order valence-electron chi connectivity index (χ1n) is 9.38. The number of hydrogen-bond acceptors (Lipinski definition) is 5. The number of hydrogen-bond donors (Lipinski definition) is 1. The van der Waals surface area contributed by atoms with Gasteiger partial charge in [0.1, 0.15) is 11.3 Å². The number of benzene rings is 2. The molecule has 0 saturated carbocycles. The summed E-state index contributed by atoms with van der Waals surface area (Å²) in [6, 6.07) is 19.4. The molecule has 2 aromatic carbocycles. The molecule has 1 fully saturated rings. The first kappa shape index (κ1) is 19.7. The van der Waals surface area contributed by atoms with E-state index in [1.54, 1.807) is 24.3 Å². The maximum atomic E-state index is 12.9. The molecule has 1 aliphatic heterocycles. The van der Waals surface area contributed by atoms with Crippen molar-refractivity contribution in [2.24, 2.45) is 0 Å². The molecule has 0 atom stereocenters. The zero-order valence-electron chi connectivity index (χ0n) is 16.1. The van der Waals surface area contributed by atoms with E-state index in [-0.39, 0.29) is 5.57 Å². The summed E-state index contributed by atoms with van der Waals surface area (Å²) in [5, 5.41) is 2.84. The van der Waals surface area contributed by atoms with Crippen LogP contribution in [0.3, 0.4) is 0 Å². The number of anilines is 1. The molecular weight excluding hydrogens is 400 g/mol. The van der Waals surface area contributed by atoms with Crippen molar-refractivity contribution in [1.82, 2.24) is 5.32 Å². The van der Waals surface area contributed by atoms with Gasteiger partial charge in [0, 0.05) is 4.90 Å². The molecule has 1 N–H and O–H groups in total. The van der Waals surface area contributed by atoms with Crippen molar-refractivity contribution in [2.45, 2.75) is 23.3 Å². The molecule has 0 spiro atoms. The van der Waals surface area contributed by atoms with Crippen LogP contribution in [0.2, 0.25) is 0 Å². The summed E-state index contributed by atoms with van der Waals surface area (Å²) in [5.41, 5.74) is 1.31. The van der Waals surface area contributed by atoms with Crippen molar-refractivity contribution in [3.05, 3.63) is 83.6 Å². The second-order valence-electron chi connectivity index (χ2n) is 6.55. The minimum atomic E-state index is -0.772. The molecule has 30 heavy (non-hydrogen) atoms. The average Bonchev–Trinajstić information content (AvgIpc) is 3.19. The van der Waals surface area contributed by atoms with Crippen LogP contribution in [-0.4, -0.2) is 17.8 Å². The molecule has 1 saturated heterocycles. The third kappa shape index (κ3) is 4.06. The number of nitrogens with zero attached hydrogens (tertiary/aromatic N) is 1. The highest BCUT2D eigenvalue weighted by Crippen LogP contribution is 2.30. The van der Waals surface area contributed by atoms with Gasteiger partial charge in [0.25, 0.3) is 11.8 Å². The Kier molecular flexibility index (Phi) is 5.54. The number of amides is 4. The van der Waals surface area contributed by atoms with Crippen molar-refractivity contribution in [2.75, 3.05) is 4.90 Å². The van der Waals surface area contributed by atoms with E-state index in [0.717, 1.165) is 21.8 Å². The van der Waals surface area contributed by atoms with E-state index < -0.39 is 17.8 Å². The lowest BCUT2D eigenvalue weighted by Gasteiger charge is -2.26. The van der Waals surface area contributed by atoms with Gasteiger partial charge in [0.15, 0.2) is 5.09 Å². The highest BCUT2D eigenvalue weighted by atomic mass is 32.2. The van der Waals surface area contributed by atoms with E-state index in [1.165, 1.54) is 17.8 Å². The zero-order chi connectivity index (χ0) is 21.1. The van der Waals surface area contributed by atoms with Gasteiger partial charge in [-0.25, -0.2) is 9.69 Å². The molecule has 6 nitrogen and oxygen atoms in total. The predicted octanol–water partition coefficient (Wildman–Crippen LogP) is 4.66. The number of carbonyl (C=O) groups is 3. The van der Waals surface area contributed by atoms with Crippen molar-refractivity contribution < 1.29 is 18.8 Å².